The third-order valence-electron chi connectivity index (χ3n) is 4.97. The lowest BCUT2D eigenvalue weighted by Gasteiger charge is -2.39. The second-order valence-corrected chi connectivity index (χ2v) is 6.15. The zero-order valence-electron chi connectivity index (χ0n) is 11.1. The quantitative estimate of drug-likeness (QED) is 0.740. The van der Waals surface area contributed by atoms with E-state index in [-0.39, 0.29) is 0 Å². The van der Waals surface area contributed by atoms with Crippen LogP contribution in [0.15, 0.2) is 12.2 Å². The molecule has 1 N–H and O–H groups in total. The summed E-state index contributed by atoms with van der Waals surface area (Å²) in [4.78, 5) is 0. The standard InChI is InChI=1S/C15H25NO/c1-3-17-14-8-13(9-14)16-10(2)15-7-11-4-5-12(15)6-11/h4-5,10-16H,3,6-9H2,1-2H3. The molecule has 4 unspecified atom stereocenters. The van der Waals surface area contributed by atoms with Crippen LogP contribution >= 0.6 is 0 Å². The van der Waals surface area contributed by atoms with Crippen LogP contribution in [0, 0.1) is 17.8 Å². The molecule has 0 spiro atoms. The minimum Gasteiger partial charge on any atom is -0.378 e. The fraction of sp³-hybridized carbons (Fsp3) is 0.867. The first-order valence-electron chi connectivity index (χ1n) is 7.32. The maximum Gasteiger partial charge on any atom is 0.0604 e. The van der Waals surface area contributed by atoms with E-state index >= 15 is 0 Å². The van der Waals surface area contributed by atoms with Crippen LogP contribution in [0.3, 0.4) is 0 Å². The van der Waals surface area contributed by atoms with Gasteiger partial charge in [0.15, 0.2) is 0 Å². The highest BCUT2D eigenvalue weighted by atomic mass is 16.5. The zero-order chi connectivity index (χ0) is 11.8. The Morgan fingerprint density at radius 1 is 1.24 bits per heavy atom. The average Bonchev–Trinajstić information content (AvgIpc) is 2.87. The van der Waals surface area contributed by atoms with Gasteiger partial charge < -0.3 is 10.1 Å². The Balaban J connectivity index is 1.43. The summed E-state index contributed by atoms with van der Waals surface area (Å²) in [5.41, 5.74) is 0. The van der Waals surface area contributed by atoms with Crippen LogP contribution in [0.2, 0.25) is 0 Å². The van der Waals surface area contributed by atoms with E-state index in [2.05, 4.69) is 31.3 Å². The van der Waals surface area contributed by atoms with Crippen molar-refractivity contribution in [3.63, 3.8) is 0 Å². The van der Waals surface area contributed by atoms with Crippen molar-refractivity contribution in [2.45, 2.75) is 57.7 Å². The Labute approximate surface area is 105 Å². The largest absolute Gasteiger partial charge is 0.378 e. The Hall–Kier alpha value is -0.340. The molecule has 2 saturated carbocycles. The molecule has 3 aliphatic carbocycles. The van der Waals surface area contributed by atoms with Gasteiger partial charge in [0.05, 0.1) is 6.10 Å². The molecule has 2 nitrogen and oxygen atoms in total. The van der Waals surface area contributed by atoms with Crippen molar-refractivity contribution in [3.8, 4) is 0 Å². The first-order valence-corrected chi connectivity index (χ1v) is 7.32. The summed E-state index contributed by atoms with van der Waals surface area (Å²) < 4.78 is 5.61. The summed E-state index contributed by atoms with van der Waals surface area (Å²) in [6.07, 6.45) is 10.7. The van der Waals surface area contributed by atoms with Crippen molar-refractivity contribution in [3.05, 3.63) is 12.2 Å². The summed E-state index contributed by atoms with van der Waals surface area (Å²) >= 11 is 0. The highest BCUT2D eigenvalue weighted by molar-refractivity contribution is 5.12. The maximum atomic E-state index is 5.61. The molecule has 17 heavy (non-hydrogen) atoms. The fourth-order valence-electron chi connectivity index (χ4n) is 3.97. The van der Waals surface area contributed by atoms with Gasteiger partial charge in [0.2, 0.25) is 0 Å². The van der Waals surface area contributed by atoms with Gasteiger partial charge in [0.25, 0.3) is 0 Å². The van der Waals surface area contributed by atoms with Crippen molar-refractivity contribution in [2.75, 3.05) is 6.61 Å². The molecular formula is C15H25NO. The number of ether oxygens (including phenoxy) is 1. The minimum absolute atomic E-state index is 0.532. The lowest BCUT2D eigenvalue weighted by molar-refractivity contribution is -0.0139. The summed E-state index contributed by atoms with van der Waals surface area (Å²) in [5.74, 6) is 2.65. The fourth-order valence-corrected chi connectivity index (χ4v) is 3.97. The first-order chi connectivity index (χ1) is 8.26. The maximum absolute atomic E-state index is 5.61. The number of nitrogens with one attached hydrogen (secondary N) is 1. The Morgan fingerprint density at radius 2 is 2.06 bits per heavy atom. The van der Waals surface area contributed by atoms with E-state index in [0.717, 1.165) is 24.4 Å². The van der Waals surface area contributed by atoms with Gasteiger partial charge in [-0.3, -0.25) is 0 Å². The number of rotatable bonds is 5. The van der Waals surface area contributed by atoms with Crippen LogP contribution in [0.4, 0.5) is 0 Å². The second kappa shape index (κ2) is 4.74. The van der Waals surface area contributed by atoms with Gasteiger partial charge in [-0.15, -0.1) is 0 Å². The Morgan fingerprint density at radius 3 is 2.65 bits per heavy atom. The molecule has 3 aliphatic rings. The van der Waals surface area contributed by atoms with E-state index in [1.54, 1.807) is 0 Å². The van der Waals surface area contributed by atoms with Gasteiger partial charge in [-0.05, 0) is 57.3 Å². The van der Waals surface area contributed by atoms with Gasteiger partial charge >= 0.3 is 0 Å². The Kier molecular flexibility index (Phi) is 3.27. The van der Waals surface area contributed by atoms with Gasteiger partial charge in [-0.2, -0.15) is 0 Å². The van der Waals surface area contributed by atoms with Crippen molar-refractivity contribution in [2.24, 2.45) is 17.8 Å². The van der Waals surface area contributed by atoms with Gasteiger partial charge in [-0.1, -0.05) is 12.2 Å². The molecule has 0 aliphatic heterocycles. The van der Waals surface area contributed by atoms with E-state index in [0.29, 0.717) is 18.2 Å². The molecular weight excluding hydrogens is 210 g/mol. The topological polar surface area (TPSA) is 21.3 Å². The van der Waals surface area contributed by atoms with Crippen LogP contribution in [0.5, 0.6) is 0 Å². The minimum atomic E-state index is 0.532. The highest BCUT2D eigenvalue weighted by Gasteiger charge is 2.40. The lowest BCUT2D eigenvalue weighted by Crippen LogP contribution is -2.51. The van der Waals surface area contributed by atoms with Crippen LogP contribution in [-0.4, -0.2) is 24.8 Å². The summed E-state index contributed by atoms with van der Waals surface area (Å²) in [6.45, 7) is 5.34. The van der Waals surface area contributed by atoms with Gasteiger partial charge in [-0.25, -0.2) is 0 Å². The number of hydrogen-bond acceptors (Lipinski definition) is 2. The summed E-state index contributed by atoms with van der Waals surface area (Å²) in [7, 11) is 0. The number of hydrogen-bond donors (Lipinski definition) is 1. The van der Waals surface area contributed by atoms with Crippen molar-refractivity contribution >= 4 is 0 Å². The average molecular weight is 235 g/mol. The van der Waals surface area contributed by atoms with Gasteiger partial charge in [0, 0.05) is 18.7 Å². The van der Waals surface area contributed by atoms with E-state index < -0.39 is 0 Å². The number of fused-ring (bicyclic) bond motifs is 2. The molecule has 2 fully saturated rings. The molecule has 4 atom stereocenters. The molecule has 2 heteroatoms. The van der Waals surface area contributed by atoms with Crippen LogP contribution in [0.25, 0.3) is 0 Å². The molecule has 0 saturated heterocycles. The molecule has 0 aromatic rings. The van der Waals surface area contributed by atoms with E-state index in [1.165, 1.54) is 25.7 Å². The SMILES string of the molecule is CCOC1CC(NC(C)C2CC3C=CC2C3)C1. The van der Waals surface area contributed by atoms with Crippen LogP contribution in [-0.2, 0) is 4.74 Å². The lowest BCUT2D eigenvalue weighted by atomic mass is 9.84. The molecule has 3 rings (SSSR count). The van der Waals surface area contributed by atoms with E-state index in [4.69, 9.17) is 4.74 Å². The molecule has 0 aromatic carbocycles. The first kappa shape index (κ1) is 11.7. The predicted molar refractivity (Wildman–Crippen MR) is 69.9 cm³/mol. The third kappa shape index (κ3) is 2.30. The molecule has 0 aromatic heterocycles. The Bertz CT molecular complexity index is 295. The zero-order valence-corrected chi connectivity index (χ0v) is 11.1. The summed E-state index contributed by atoms with van der Waals surface area (Å²) in [6, 6.07) is 1.40. The van der Waals surface area contributed by atoms with Crippen molar-refractivity contribution in [1.29, 1.82) is 0 Å². The number of allylic oxidation sites excluding steroid dienone is 2. The van der Waals surface area contributed by atoms with Crippen LogP contribution < -0.4 is 5.32 Å². The smallest absolute Gasteiger partial charge is 0.0604 e. The third-order valence-corrected chi connectivity index (χ3v) is 4.97. The molecule has 96 valence electrons. The highest BCUT2D eigenvalue weighted by Crippen LogP contribution is 2.45. The normalized spacial score (nSPS) is 44.9. The van der Waals surface area contributed by atoms with Crippen molar-refractivity contribution in [1.82, 2.24) is 5.32 Å². The monoisotopic (exact) mass is 235 g/mol. The molecule has 0 radical (unpaired) electrons. The van der Waals surface area contributed by atoms with Crippen LogP contribution in [0.1, 0.15) is 39.5 Å². The molecule has 0 heterocycles. The van der Waals surface area contributed by atoms with Gasteiger partial charge in [0.1, 0.15) is 0 Å². The predicted octanol–water partition coefficient (Wildman–Crippen LogP) is 2.74. The second-order valence-electron chi connectivity index (χ2n) is 6.15. The van der Waals surface area contributed by atoms with E-state index in [9.17, 15) is 0 Å². The van der Waals surface area contributed by atoms with Crippen molar-refractivity contribution < 1.29 is 4.74 Å². The molecule has 0 amide bonds. The summed E-state index contributed by atoms with van der Waals surface area (Å²) in [5, 5.41) is 3.82. The van der Waals surface area contributed by atoms with E-state index in [1.807, 2.05) is 0 Å². The molecule has 2 bridgehead atoms.